The Kier molecular flexibility index (Phi) is 5.41. The first-order chi connectivity index (χ1) is 12.2. The van der Waals surface area contributed by atoms with Crippen molar-refractivity contribution in [1.29, 1.82) is 0 Å². The second kappa shape index (κ2) is 7.57. The molecule has 2 aliphatic heterocycles. The fourth-order valence-corrected chi connectivity index (χ4v) is 3.64. The van der Waals surface area contributed by atoms with E-state index in [-0.39, 0.29) is 30.3 Å². The molecular weight excluding hydrogens is 354 g/mol. The number of imidazole rings is 1. The molecule has 138 valence electrons. The molecule has 0 spiro atoms. The molecule has 0 aliphatic carbocycles. The molecule has 1 N–H and O–H groups in total. The van der Waals surface area contributed by atoms with E-state index in [0.29, 0.717) is 24.2 Å². The van der Waals surface area contributed by atoms with Gasteiger partial charge < -0.3 is 9.88 Å². The minimum Gasteiger partial charge on any atom is -0.337 e. The van der Waals surface area contributed by atoms with E-state index in [9.17, 15) is 9.59 Å². The lowest BCUT2D eigenvalue weighted by atomic mass is 10.1. The average molecular weight is 376 g/mol. The summed E-state index contributed by atoms with van der Waals surface area (Å²) in [6.45, 7) is 3.61. The number of benzene rings is 1. The summed E-state index contributed by atoms with van der Waals surface area (Å²) in [5.74, 6) is 0.614. The third-order valence-corrected chi connectivity index (χ3v) is 5.00. The van der Waals surface area contributed by atoms with Crippen molar-refractivity contribution in [2.75, 3.05) is 32.7 Å². The molecular formula is C18H22ClN5O2. The number of amides is 2. The van der Waals surface area contributed by atoms with Gasteiger partial charge in [0.05, 0.1) is 17.2 Å². The molecule has 1 unspecified atom stereocenters. The van der Waals surface area contributed by atoms with Crippen molar-refractivity contribution in [3.05, 3.63) is 53.6 Å². The summed E-state index contributed by atoms with van der Waals surface area (Å²) in [5, 5.41) is 3.40. The number of fused-ring (bicyclic) bond motifs is 1. The van der Waals surface area contributed by atoms with Crippen LogP contribution in [0.15, 0.2) is 36.7 Å². The van der Waals surface area contributed by atoms with E-state index in [4.69, 9.17) is 0 Å². The van der Waals surface area contributed by atoms with Crippen molar-refractivity contribution < 1.29 is 9.59 Å². The standard InChI is InChI=1S/C18H21N5O2.ClH/c1-21-8-7-20-16(21)15-12-19-6-9-22(15)10-11-23-17(24)13-4-2-3-5-14(13)18(23)25;/h2-5,7-8,15,19H,6,9-12H2,1H3;1H. The second-order valence-electron chi connectivity index (χ2n) is 6.46. The van der Waals surface area contributed by atoms with Gasteiger partial charge in [-0.1, -0.05) is 12.1 Å². The zero-order valence-electron chi connectivity index (χ0n) is 14.6. The van der Waals surface area contributed by atoms with Crippen molar-refractivity contribution in [3.8, 4) is 0 Å². The first kappa shape index (κ1) is 18.6. The summed E-state index contributed by atoms with van der Waals surface area (Å²) in [5.41, 5.74) is 1.02. The molecule has 1 saturated heterocycles. The maximum atomic E-state index is 12.5. The smallest absolute Gasteiger partial charge is 0.261 e. The minimum absolute atomic E-state index is 0. The van der Waals surface area contributed by atoms with Crippen LogP contribution in [0.25, 0.3) is 0 Å². The lowest BCUT2D eigenvalue weighted by Crippen LogP contribution is -2.49. The Morgan fingerprint density at radius 1 is 1.15 bits per heavy atom. The Morgan fingerprint density at radius 2 is 1.85 bits per heavy atom. The van der Waals surface area contributed by atoms with Gasteiger partial charge in [0.15, 0.2) is 0 Å². The number of hydrogen-bond acceptors (Lipinski definition) is 5. The number of hydrogen-bond donors (Lipinski definition) is 1. The van der Waals surface area contributed by atoms with Crippen LogP contribution in [-0.2, 0) is 7.05 Å². The molecule has 26 heavy (non-hydrogen) atoms. The topological polar surface area (TPSA) is 70.5 Å². The van der Waals surface area contributed by atoms with Crippen LogP contribution >= 0.6 is 12.4 Å². The number of nitrogens with zero attached hydrogens (tertiary/aromatic N) is 4. The fourth-order valence-electron chi connectivity index (χ4n) is 3.64. The zero-order chi connectivity index (χ0) is 17.4. The molecule has 2 aliphatic rings. The SMILES string of the molecule is Cl.Cn1ccnc1C1CNCCN1CCN1C(=O)c2ccccc2C1=O. The number of nitrogens with one attached hydrogen (secondary N) is 1. The van der Waals surface area contributed by atoms with E-state index in [1.165, 1.54) is 4.90 Å². The largest absolute Gasteiger partial charge is 0.337 e. The molecule has 1 atom stereocenters. The fraction of sp³-hybridized carbons (Fsp3) is 0.389. The normalized spacial score (nSPS) is 20.2. The van der Waals surface area contributed by atoms with Crippen molar-refractivity contribution in [2.24, 2.45) is 7.05 Å². The Bertz CT molecular complexity index is 786. The molecule has 1 aromatic heterocycles. The van der Waals surface area contributed by atoms with Crippen molar-refractivity contribution in [1.82, 2.24) is 24.7 Å². The average Bonchev–Trinajstić information content (AvgIpc) is 3.16. The van der Waals surface area contributed by atoms with Gasteiger partial charge in [-0.25, -0.2) is 4.98 Å². The van der Waals surface area contributed by atoms with Crippen LogP contribution < -0.4 is 5.32 Å². The summed E-state index contributed by atoms with van der Waals surface area (Å²) in [7, 11) is 1.99. The van der Waals surface area contributed by atoms with Crippen LogP contribution in [-0.4, -0.2) is 63.9 Å². The van der Waals surface area contributed by atoms with Gasteiger partial charge in [-0.2, -0.15) is 0 Å². The van der Waals surface area contributed by atoms with E-state index in [2.05, 4.69) is 15.2 Å². The van der Waals surface area contributed by atoms with Crippen molar-refractivity contribution >= 4 is 24.2 Å². The van der Waals surface area contributed by atoms with Crippen LogP contribution in [0.4, 0.5) is 0 Å². The molecule has 0 radical (unpaired) electrons. The van der Waals surface area contributed by atoms with Crippen LogP contribution in [0.5, 0.6) is 0 Å². The predicted octanol–water partition coefficient (Wildman–Crippen LogP) is 1.08. The molecule has 2 amide bonds. The highest BCUT2D eigenvalue weighted by molar-refractivity contribution is 6.21. The van der Waals surface area contributed by atoms with Gasteiger partial charge in [0, 0.05) is 52.2 Å². The number of piperazine rings is 1. The predicted molar refractivity (Wildman–Crippen MR) is 99.4 cm³/mol. The van der Waals surface area contributed by atoms with Gasteiger partial charge >= 0.3 is 0 Å². The number of aryl methyl sites for hydroxylation is 1. The van der Waals surface area contributed by atoms with Gasteiger partial charge in [0.1, 0.15) is 5.82 Å². The minimum atomic E-state index is -0.190. The maximum Gasteiger partial charge on any atom is 0.261 e. The number of rotatable bonds is 4. The third kappa shape index (κ3) is 3.13. The number of aromatic nitrogens is 2. The van der Waals surface area contributed by atoms with Gasteiger partial charge in [0.2, 0.25) is 0 Å². The number of carbonyl (C=O) groups excluding carboxylic acids is 2. The number of halogens is 1. The van der Waals surface area contributed by atoms with E-state index in [0.717, 1.165) is 25.5 Å². The Morgan fingerprint density at radius 3 is 2.46 bits per heavy atom. The lowest BCUT2D eigenvalue weighted by Gasteiger charge is -2.36. The zero-order valence-corrected chi connectivity index (χ0v) is 15.4. The van der Waals surface area contributed by atoms with E-state index in [1.54, 1.807) is 30.5 Å². The quantitative estimate of drug-likeness (QED) is 0.810. The number of carbonyl (C=O) groups is 2. The Labute approximate surface area is 158 Å². The van der Waals surface area contributed by atoms with Gasteiger partial charge in [-0.3, -0.25) is 19.4 Å². The molecule has 7 nitrogen and oxygen atoms in total. The highest BCUT2D eigenvalue weighted by Gasteiger charge is 2.36. The van der Waals surface area contributed by atoms with E-state index >= 15 is 0 Å². The molecule has 0 bridgehead atoms. The summed E-state index contributed by atoms with van der Waals surface area (Å²) in [6.07, 6.45) is 3.73. The van der Waals surface area contributed by atoms with Gasteiger partial charge in [-0.15, -0.1) is 12.4 Å². The molecule has 1 aromatic carbocycles. The summed E-state index contributed by atoms with van der Waals surface area (Å²) >= 11 is 0. The maximum absolute atomic E-state index is 12.5. The van der Waals surface area contributed by atoms with Crippen molar-refractivity contribution in [3.63, 3.8) is 0 Å². The summed E-state index contributed by atoms with van der Waals surface area (Å²) < 4.78 is 2.02. The highest BCUT2D eigenvalue weighted by atomic mass is 35.5. The van der Waals surface area contributed by atoms with Gasteiger partial charge in [0.25, 0.3) is 11.8 Å². The Balaban J connectivity index is 0.00000196. The van der Waals surface area contributed by atoms with Crippen molar-refractivity contribution in [2.45, 2.75) is 6.04 Å². The first-order valence-corrected chi connectivity index (χ1v) is 8.54. The van der Waals surface area contributed by atoms with E-state index < -0.39 is 0 Å². The Hall–Kier alpha value is -2.22. The first-order valence-electron chi connectivity index (χ1n) is 8.54. The van der Waals surface area contributed by atoms with Crippen LogP contribution in [0.3, 0.4) is 0 Å². The molecule has 0 saturated carbocycles. The number of imide groups is 1. The summed E-state index contributed by atoms with van der Waals surface area (Å²) in [6, 6.07) is 7.17. The summed E-state index contributed by atoms with van der Waals surface area (Å²) in [4.78, 5) is 33.1. The third-order valence-electron chi connectivity index (χ3n) is 5.00. The van der Waals surface area contributed by atoms with E-state index in [1.807, 2.05) is 17.8 Å². The second-order valence-corrected chi connectivity index (χ2v) is 6.46. The van der Waals surface area contributed by atoms with Crippen LogP contribution in [0, 0.1) is 0 Å². The van der Waals surface area contributed by atoms with Gasteiger partial charge in [-0.05, 0) is 12.1 Å². The monoisotopic (exact) mass is 375 g/mol. The highest BCUT2D eigenvalue weighted by Crippen LogP contribution is 2.24. The molecule has 4 rings (SSSR count). The lowest BCUT2D eigenvalue weighted by molar-refractivity contribution is 0.0610. The molecule has 2 aromatic rings. The molecule has 3 heterocycles. The molecule has 8 heteroatoms. The molecule has 1 fully saturated rings. The van der Waals surface area contributed by atoms with Crippen LogP contribution in [0.1, 0.15) is 32.6 Å². The van der Waals surface area contributed by atoms with Crippen LogP contribution in [0.2, 0.25) is 0 Å².